The molecule has 22 heavy (non-hydrogen) atoms. The van der Waals surface area contributed by atoms with E-state index in [2.05, 4.69) is 10.6 Å². The third kappa shape index (κ3) is 5.89. The highest BCUT2D eigenvalue weighted by molar-refractivity contribution is 7.99. The summed E-state index contributed by atoms with van der Waals surface area (Å²) in [4.78, 5) is 12.1. The Bertz CT molecular complexity index is 467. The standard InChI is InChI=1S/C17H26N2O2S/c1-17(2,3)21-16(20)19-15(13-7-5-4-6-8-13)11-18-14-9-10-22-12-14/h4-8,14-15,18H,9-12H2,1-3H3,(H,19,20). The summed E-state index contributed by atoms with van der Waals surface area (Å²) in [7, 11) is 0. The first-order valence-electron chi connectivity index (χ1n) is 7.79. The van der Waals surface area contributed by atoms with Gasteiger partial charge >= 0.3 is 6.09 Å². The van der Waals surface area contributed by atoms with Crippen LogP contribution in [0, 0.1) is 0 Å². The van der Waals surface area contributed by atoms with Crippen molar-refractivity contribution in [3.63, 3.8) is 0 Å². The van der Waals surface area contributed by atoms with Crippen LogP contribution in [-0.4, -0.2) is 35.8 Å². The van der Waals surface area contributed by atoms with E-state index in [-0.39, 0.29) is 12.1 Å². The van der Waals surface area contributed by atoms with Crippen molar-refractivity contribution >= 4 is 17.9 Å². The topological polar surface area (TPSA) is 50.4 Å². The molecule has 2 atom stereocenters. The predicted octanol–water partition coefficient (Wildman–Crippen LogP) is 3.35. The number of ether oxygens (including phenoxy) is 1. The number of hydrogen-bond acceptors (Lipinski definition) is 4. The van der Waals surface area contributed by atoms with E-state index in [0.717, 1.165) is 11.3 Å². The van der Waals surface area contributed by atoms with Gasteiger partial charge in [0.1, 0.15) is 5.60 Å². The molecule has 0 radical (unpaired) electrons. The second-order valence-corrected chi connectivity index (χ2v) is 7.73. The first-order chi connectivity index (χ1) is 10.4. The Morgan fingerprint density at radius 1 is 1.36 bits per heavy atom. The van der Waals surface area contributed by atoms with Crippen molar-refractivity contribution in [2.24, 2.45) is 0 Å². The van der Waals surface area contributed by atoms with Gasteiger partial charge in [-0.25, -0.2) is 4.79 Å². The van der Waals surface area contributed by atoms with Gasteiger partial charge in [-0.1, -0.05) is 30.3 Å². The Labute approximate surface area is 137 Å². The summed E-state index contributed by atoms with van der Waals surface area (Å²) >= 11 is 1.98. The van der Waals surface area contributed by atoms with Crippen molar-refractivity contribution < 1.29 is 9.53 Å². The van der Waals surface area contributed by atoms with E-state index >= 15 is 0 Å². The molecule has 2 unspecified atom stereocenters. The maximum Gasteiger partial charge on any atom is 0.408 e. The molecule has 0 aliphatic carbocycles. The summed E-state index contributed by atoms with van der Waals surface area (Å²) in [6.07, 6.45) is 0.822. The molecule has 5 heteroatoms. The Kier molecular flexibility index (Phi) is 6.15. The lowest BCUT2D eigenvalue weighted by Crippen LogP contribution is -2.41. The first kappa shape index (κ1) is 17.2. The van der Waals surface area contributed by atoms with E-state index in [9.17, 15) is 4.79 Å². The van der Waals surface area contributed by atoms with Gasteiger partial charge in [0, 0.05) is 18.3 Å². The SMILES string of the molecule is CC(C)(C)OC(=O)NC(CNC1CCSC1)c1ccccc1. The minimum atomic E-state index is -0.485. The fourth-order valence-electron chi connectivity index (χ4n) is 2.37. The van der Waals surface area contributed by atoms with Crippen LogP contribution in [0.3, 0.4) is 0 Å². The Morgan fingerprint density at radius 3 is 2.68 bits per heavy atom. The van der Waals surface area contributed by atoms with Crippen LogP contribution in [0.25, 0.3) is 0 Å². The van der Waals surface area contributed by atoms with Gasteiger partial charge in [0.2, 0.25) is 0 Å². The van der Waals surface area contributed by atoms with Gasteiger partial charge < -0.3 is 15.4 Å². The molecule has 2 N–H and O–H groups in total. The van der Waals surface area contributed by atoms with Gasteiger partial charge in [-0.2, -0.15) is 11.8 Å². The third-order valence-electron chi connectivity index (χ3n) is 3.43. The number of alkyl carbamates (subject to hydrolysis) is 1. The van der Waals surface area contributed by atoms with E-state index in [1.165, 1.54) is 12.2 Å². The first-order valence-corrected chi connectivity index (χ1v) is 8.95. The van der Waals surface area contributed by atoms with Crippen molar-refractivity contribution in [2.45, 2.75) is 44.9 Å². The molecule has 1 amide bonds. The van der Waals surface area contributed by atoms with Gasteiger partial charge in [0.25, 0.3) is 0 Å². The molecular weight excluding hydrogens is 296 g/mol. The minimum absolute atomic E-state index is 0.0818. The molecule has 1 saturated heterocycles. The Hall–Kier alpha value is -1.20. The quantitative estimate of drug-likeness (QED) is 0.873. The van der Waals surface area contributed by atoms with Gasteiger partial charge in [-0.05, 0) is 38.5 Å². The molecule has 0 saturated carbocycles. The van der Waals surface area contributed by atoms with Crippen LogP contribution in [0.15, 0.2) is 30.3 Å². The molecule has 1 aliphatic rings. The highest BCUT2D eigenvalue weighted by Crippen LogP contribution is 2.19. The largest absolute Gasteiger partial charge is 0.444 e. The summed E-state index contributed by atoms with van der Waals surface area (Å²) in [5.74, 6) is 2.36. The molecule has 1 aromatic rings. The molecule has 4 nitrogen and oxygen atoms in total. The highest BCUT2D eigenvalue weighted by atomic mass is 32.2. The zero-order valence-corrected chi connectivity index (χ0v) is 14.4. The lowest BCUT2D eigenvalue weighted by molar-refractivity contribution is 0.0502. The number of thioether (sulfide) groups is 1. The van der Waals surface area contributed by atoms with Crippen molar-refractivity contribution in [1.82, 2.24) is 10.6 Å². The van der Waals surface area contributed by atoms with Crippen LogP contribution >= 0.6 is 11.8 Å². The lowest BCUT2D eigenvalue weighted by atomic mass is 10.1. The molecule has 1 aliphatic heterocycles. The average molecular weight is 322 g/mol. The number of hydrogen-bond donors (Lipinski definition) is 2. The maximum atomic E-state index is 12.1. The second kappa shape index (κ2) is 7.88. The van der Waals surface area contributed by atoms with Crippen molar-refractivity contribution in [3.05, 3.63) is 35.9 Å². The zero-order chi connectivity index (χ0) is 16.0. The summed E-state index contributed by atoms with van der Waals surface area (Å²) in [6, 6.07) is 10.5. The summed E-state index contributed by atoms with van der Waals surface area (Å²) < 4.78 is 5.38. The number of amides is 1. The summed E-state index contributed by atoms with van der Waals surface area (Å²) in [5, 5.41) is 6.54. The van der Waals surface area contributed by atoms with Crippen LogP contribution < -0.4 is 10.6 Å². The number of nitrogens with one attached hydrogen (secondary N) is 2. The molecular formula is C17H26N2O2S. The summed E-state index contributed by atoms with van der Waals surface area (Å²) in [6.45, 7) is 6.34. The van der Waals surface area contributed by atoms with Gasteiger partial charge in [-0.15, -0.1) is 0 Å². The van der Waals surface area contributed by atoms with E-state index < -0.39 is 5.60 Å². The third-order valence-corrected chi connectivity index (χ3v) is 4.60. The van der Waals surface area contributed by atoms with E-state index in [4.69, 9.17) is 4.74 Å². The smallest absolute Gasteiger partial charge is 0.408 e. The fourth-order valence-corrected chi connectivity index (χ4v) is 3.55. The van der Waals surface area contributed by atoms with Crippen LogP contribution in [0.4, 0.5) is 4.79 Å². The monoisotopic (exact) mass is 322 g/mol. The number of carbonyl (C=O) groups is 1. The average Bonchev–Trinajstić information content (AvgIpc) is 2.95. The Balaban J connectivity index is 1.96. The highest BCUT2D eigenvalue weighted by Gasteiger charge is 2.22. The van der Waals surface area contributed by atoms with E-state index in [0.29, 0.717) is 12.6 Å². The fraction of sp³-hybridized carbons (Fsp3) is 0.588. The molecule has 1 heterocycles. The molecule has 0 bridgehead atoms. The van der Waals surface area contributed by atoms with Gasteiger partial charge in [-0.3, -0.25) is 0 Å². The molecule has 0 spiro atoms. The summed E-state index contributed by atoms with van der Waals surface area (Å²) in [5.41, 5.74) is 0.604. The molecule has 1 aromatic carbocycles. The van der Waals surface area contributed by atoms with Crippen LogP contribution in [0.1, 0.15) is 38.8 Å². The maximum absolute atomic E-state index is 12.1. The number of rotatable bonds is 5. The van der Waals surface area contributed by atoms with Crippen LogP contribution in [0.2, 0.25) is 0 Å². The second-order valence-electron chi connectivity index (χ2n) is 6.58. The van der Waals surface area contributed by atoms with Crippen molar-refractivity contribution in [2.75, 3.05) is 18.1 Å². The zero-order valence-electron chi connectivity index (χ0n) is 13.6. The van der Waals surface area contributed by atoms with E-state index in [1.54, 1.807) is 0 Å². The Morgan fingerprint density at radius 2 is 2.09 bits per heavy atom. The molecule has 122 valence electrons. The predicted molar refractivity (Wildman–Crippen MR) is 92.3 cm³/mol. The minimum Gasteiger partial charge on any atom is -0.444 e. The van der Waals surface area contributed by atoms with E-state index in [1.807, 2.05) is 62.9 Å². The molecule has 1 fully saturated rings. The van der Waals surface area contributed by atoms with Crippen LogP contribution in [-0.2, 0) is 4.74 Å². The molecule has 0 aromatic heterocycles. The molecule has 2 rings (SSSR count). The van der Waals surface area contributed by atoms with Crippen LogP contribution in [0.5, 0.6) is 0 Å². The lowest BCUT2D eigenvalue weighted by Gasteiger charge is -2.25. The van der Waals surface area contributed by atoms with Gasteiger partial charge in [0.05, 0.1) is 6.04 Å². The normalized spacial score (nSPS) is 19.7. The van der Waals surface area contributed by atoms with Crippen molar-refractivity contribution in [3.8, 4) is 0 Å². The number of carbonyl (C=O) groups excluding carboxylic acids is 1. The van der Waals surface area contributed by atoms with Crippen molar-refractivity contribution in [1.29, 1.82) is 0 Å². The van der Waals surface area contributed by atoms with Gasteiger partial charge in [0.15, 0.2) is 0 Å². The number of benzene rings is 1.